The standard InChI is InChI=1S/C8H11BrN2O2/c1-5(3-7(12)13)6-4-10-11(2)8(6)9/h4-5H,3H2,1-2H3,(H,12,13). The second-order valence-corrected chi connectivity index (χ2v) is 3.76. The molecule has 5 heteroatoms. The summed E-state index contributed by atoms with van der Waals surface area (Å²) in [6.45, 7) is 1.87. The Morgan fingerprint density at radius 3 is 2.85 bits per heavy atom. The molecule has 0 saturated carbocycles. The maximum absolute atomic E-state index is 10.5. The van der Waals surface area contributed by atoms with Gasteiger partial charge in [-0.15, -0.1) is 0 Å². The molecule has 0 saturated heterocycles. The lowest BCUT2D eigenvalue weighted by atomic mass is 10.0. The first kappa shape index (κ1) is 10.2. The molecule has 0 aromatic carbocycles. The molecule has 1 heterocycles. The number of nitrogens with zero attached hydrogens (tertiary/aromatic N) is 2. The van der Waals surface area contributed by atoms with Gasteiger partial charge in [-0.1, -0.05) is 6.92 Å². The normalized spacial score (nSPS) is 12.8. The summed E-state index contributed by atoms with van der Waals surface area (Å²) >= 11 is 3.35. The molecular weight excluding hydrogens is 236 g/mol. The van der Waals surface area contributed by atoms with E-state index in [2.05, 4.69) is 21.0 Å². The van der Waals surface area contributed by atoms with Gasteiger partial charge in [-0.05, 0) is 21.8 Å². The molecule has 0 radical (unpaired) electrons. The topological polar surface area (TPSA) is 55.1 Å². The van der Waals surface area contributed by atoms with Crippen LogP contribution >= 0.6 is 15.9 Å². The summed E-state index contributed by atoms with van der Waals surface area (Å²) in [6, 6.07) is 0. The van der Waals surface area contributed by atoms with Gasteiger partial charge < -0.3 is 5.11 Å². The predicted octanol–water partition coefficient (Wildman–Crippen LogP) is 1.76. The SMILES string of the molecule is CC(CC(=O)O)c1cnn(C)c1Br. The Kier molecular flexibility index (Phi) is 3.08. The van der Waals surface area contributed by atoms with Crippen molar-refractivity contribution in [3.05, 3.63) is 16.4 Å². The lowest BCUT2D eigenvalue weighted by Crippen LogP contribution is -2.02. The number of hydrogen-bond acceptors (Lipinski definition) is 2. The van der Waals surface area contributed by atoms with E-state index in [9.17, 15) is 4.79 Å². The maximum atomic E-state index is 10.5. The molecule has 1 unspecified atom stereocenters. The third kappa shape index (κ3) is 2.30. The summed E-state index contributed by atoms with van der Waals surface area (Å²) in [4.78, 5) is 10.5. The number of aromatic nitrogens is 2. The number of carboxylic acids is 1. The fourth-order valence-electron chi connectivity index (χ4n) is 1.14. The predicted molar refractivity (Wildman–Crippen MR) is 51.6 cm³/mol. The van der Waals surface area contributed by atoms with Gasteiger partial charge in [0.05, 0.1) is 12.6 Å². The second kappa shape index (κ2) is 3.91. The quantitative estimate of drug-likeness (QED) is 0.885. The van der Waals surface area contributed by atoms with Crippen LogP contribution in [-0.4, -0.2) is 20.9 Å². The van der Waals surface area contributed by atoms with Gasteiger partial charge in [0.25, 0.3) is 0 Å². The summed E-state index contributed by atoms with van der Waals surface area (Å²) in [5, 5.41) is 12.6. The number of hydrogen-bond donors (Lipinski definition) is 1. The van der Waals surface area contributed by atoms with Crippen LogP contribution in [0.25, 0.3) is 0 Å². The zero-order chi connectivity index (χ0) is 10.0. The molecular formula is C8H11BrN2O2. The van der Waals surface area contributed by atoms with Crippen LogP contribution < -0.4 is 0 Å². The highest BCUT2D eigenvalue weighted by atomic mass is 79.9. The van der Waals surface area contributed by atoms with Crippen LogP contribution in [-0.2, 0) is 11.8 Å². The van der Waals surface area contributed by atoms with E-state index < -0.39 is 5.97 Å². The molecule has 1 atom stereocenters. The zero-order valence-corrected chi connectivity index (χ0v) is 9.08. The van der Waals surface area contributed by atoms with Gasteiger partial charge in [-0.25, -0.2) is 0 Å². The van der Waals surface area contributed by atoms with Crippen molar-refractivity contribution in [3.63, 3.8) is 0 Å². The van der Waals surface area contributed by atoms with Crippen molar-refractivity contribution < 1.29 is 9.90 Å². The highest BCUT2D eigenvalue weighted by molar-refractivity contribution is 9.10. The van der Waals surface area contributed by atoms with Gasteiger partial charge in [0.15, 0.2) is 0 Å². The van der Waals surface area contributed by atoms with Crippen molar-refractivity contribution in [2.45, 2.75) is 19.3 Å². The van der Waals surface area contributed by atoms with E-state index in [0.29, 0.717) is 0 Å². The zero-order valence-electron chi connectivity index (χ0n) is 7.49. The lowest BCUT2D eigenvalue weighted by Gasteiger charge is -2.06. The van der Waals surface area contributed by atoms with Crippen molar-refractivity contribution >= 4 is 21.9 Å². The molecule has 0 spiro atoms. The Morgan fingerprint density at radius 2 is 2.46 bits per heavy atom. The number of carbonyl (C=O) groups is 1. The van der Waals surface area contributed by atoms with Gasteiger partial charge in [-0.3, -0.25) is 9.48 Å². The third-order valence-electron chi connectivity index (χ3n) is 1.90. The fourth-order valence-corrected chi connectivity index (χ4v) is 1.73. The Morgan fingerprint density at radius 1 is 1.85 bits per heavy atom. The Hall–Kier alpha value is -0.840. The molecule has 0 bridgehead atoms. The van der Waals surface area contributed by atoms with Gasteiger partial charge in [0.2, 0.25) is 0 Å². The number of halogens is 1. The van der Waals surface area contributed by atoms with E-state index in [0.717, 1.165) is 10.2 Å². The number of rotatable bonds is 3. The van der Waals surface area contributed by atoms with Gasteiger partial charge in [0.1, 0.15) is 4.60 Å². The molecule has 4 nitrogen and oxygen atoms in total. The summed E-state index contributed by atoms with van der Waals surface area (Å²) < 4.78 is 2.52. The molecule has 0 aliphatic rings. The van der Waals surface area contributed by atoms with Gasteiger partial charge in [0, 0.05) is 12.6 Å². The molecule has 1 aromatic heterocycles. The van der Waals surface area contributed by atoms with Crippen molar-refractivity contribution in [1.82, 2.24) is 9.78 Å². The first-order chi connectivity index (χ1) is 6.02. The summed E-state index contributed by atoms with van der Waals surface area (Å²) in [5.74, 6) is -0.802. The van der Waals surface area contributed by atoms with E-state index in [4.69, 9.17) is 5.11 Å². The minimum Gasteiger partial charge on any atom is -0.481 e. The Labute approximate surface area is 84.7 Å². The van der Waals surface area contributed by atoms with Crippen LogP contribution in [0.3, 0.4) is 0 Å². The van der Waals surface area contributed by atoms with Crippen molar-refractivity contribution in [2.24, 2.45) is 7.05 Å². The second-order valence-electron chi connectivity index (χ2n) is 3.01. The van der Waals surface area contributed by atoms with Crippen LogP contribution in [0.4, 0.5) is 0 Å². The molecule has 0 amide bonds. The first-order valence-electron chi connectivity index (χ1n) is 3.91. The smallest absolute Gasteiger partial charge is 0.303 e. The average Bonchev–Trinajstić information content (AvgIpc) is 2.31. The average molecular weight is 247 g/mol. The Bertz CT molecular complexity index is 322. The van der Waals surface area contributed by atoms with E-state index in [1.54, 1.807) is 17.9 Å². The van der Waals surface area contributed by atoms with Gasteiger partial charge in [-0.2, -0.15) is 5.10 Å². The summed E-state index contributed by atoms with van der Waals surface area (Å²) in [5.41, 5.74) is 0.935. The lowest BCUT2D eigenvalue weighted by molar-refractivity contribution is -0.137. The third-order valence-corrected chi connectivity index (χ3v) is 2.88. The highest BCUT2D eigenvalue weighted by Gasteiger charge is 2.15. The van der Waals surface area contributed by atoms with Crippen molar-refractivity contribution in [1.29, 1.82) is 0 Å². The largest absolute Gasteiger partial charge is 0.481 e. The van der Waals surface area contributed by atoms with Crippen LogP contribution in [0.5, 0.6) is 0 Å². The molecule has 0 aliphatic heterocycles. The fraction of sp³-hybridized carbons (Fsp3) is 0.500. The summed E-state index contributed by atoms with van der Waals surface area (Å²) in [6.07, 6.45) is 1.82. The van der Waals surface area contributed by atoms with E-state index >= 15 is 0 Å². The van der Waals surface area contributed by atoms with Crippen molar-refractivity contribution in [3.8, 4) is 0 Å². The minimum absolute atomic E-state index is 0.0134. The molecule has 72 valence electrons. The van der Waals surface area contributed by atoms with Crippen LogP contribution in [0.1, 0.15) is 24.8 Å². The molecule has 1 rings (SSSR count). The van der Waals surface area contributed by atoms with Crippen LogP contribution in [0.15, 0.2) is 10.8 Å². The number of aryl methyl sites for hydroxylation is 1. The molecule has 0 fully saturated rings. The van der Waals surface area contributed by atoms with E-state index in [1.807, 2.05) is 6.92 Å². The number of aliphatic carboxylic acids is 1. The molecule has 1 aromatic rings. The van der Waals surface area contributed by atoms with E-state index in [-0.39, 0.29) is 12.3 Å². The molecule has 1 N–H and O–H groups in total. The van der Waals surface area contributed by atoms with Crippen molar-refractivity contribution in [2.75, 3.05) is 0 Å². The van der Waals surface area contributed by atoms with Crippen LogP contribution in [0.2, 0.25) is 0 Å². The van der Waals surface area contributed by atoms with Gasteiger partial charge >= 0.3 is 5.97 Å². The Balaban J connectivity index is 2.82. The van der Waals surface area contributed by atoms with Crippen LogP contribution in [0, 0.1) is 0 Å². The maximum Gasteiger partial charge on any atom is 0.303 e. The first-order valence-corrected chi connectivity index (χ1v) is 4.71. The summed E-state index contributed by atoms with van der Waals surface area (Å²) in [7, 11) is 1.81. The van der Waals surface area contributed by atoms with E-state index in [1.165, 1.54) is 0 Å². The molecule has 0 aliphatic carbocycles. The minimum atomic E-state index is -0.789. The molecule has 13 heavy (non-hydrogen) atoms. The number of carboxylic acid groups (broad SMARTS) is 1. The highest BCUT2D eigenvalue weighted by Crippen LogP contribution is 2.26. The monoisotopic (exact) mass is 246 g/mol.